The third-order valence-electron chi connectivity index (χ3n) is 6.61. The van der Waals surface area contributed by atoms with Gasteiger partial charge in [0.25, 0.3) is 5.91 Å². The molecule has 0 radical (unpaired) electrons. The van der Waals surface area contributed by atoms with Crippen LogP contribution in [0.2, 0.25) is 0 Å². The highest BCUT2D eigenvalue weighted by Crippen LogP contribution is 2.41. The standard InChI is InChI=1S/C25H36N4O2/c1-5-8-19(3)18-29-13-11-25(12-14-29,21-9-7-10-22(30)15-21)24-26-16-20(17-27-24)23(31)28(4)6-2/h7,9-10,15-17,19,30H,5-6,8,11-14,18H2,1-4H3. The van der Waals surface area contributed by atoms with Gasteiger partial charge in [0.15, 0.2) is 0 Å². The Balaban J connectivity index is 1.88. The minimum atomic E-state index is -0.360. The van der Waals surface area contributed by atoms with Crippen molar-refractivity contribution in [1.29, 1.82) is 0 Å². The normalized spacial score (nSPS) is 17.3. The van der Waals surface area contributed by atoms with Crippen LogP contribution >= 0.6 is 0 Å². The molecule has 0 spiro atoms. The van der Waals surface area contributed by atoms with E-state index >= 15 is 0 Å². The molecule has 1 aromatic carbocycles. The lowest BCUT2D eigenvalue weighted by atomic mass is 9.71. The number of amides is 1. The minimum absolute atomic E-state index is 0.0693. The molecule has 2 heterocycles. The third kappa shape index (κ3) is 5.24. The van der Waals surface area contributed by atoms with E-state index < -0.39 is 0 Å². The van der Waals surface area contributed by atoms with Gasteiger partial charge in [-0.05, 0) is 62.9 Å². The summed E-state index contributed by atoms with van der Waals surface area (Å²) in [4.78, 5) is 26.0. The largest absolute Gasteiger partial charge is 0.508 e. The third-order valence-corrected chi connectivity index (χ3v) is 6.61. The Kier molecular flexibility index (Phi) is 7.65. The fourth-order valence-electron chi connectivity index (χ4n) is 4.64. The average molecular weight is 425 g/mol. The average Bonchev–Trinajstić information content (AvgIpc) is 2.79. The highest BCUT2D eigenvalue weighted by atomic mass is 16.3. The van der Waals surface area contributed by atoms with Crippen LogP contribution in [0.25, 0.3) is 0 Å². The van der Waals surface area contributed by atoms with Crippen molar-refractivity contribution in [1.82, 2.24) is 19.8 Å². The molecule has 1 aromatic heterocycles. The van der Waals surface area contributed by atoms with Gasteiger partial charge < -0.3 is 14.9 Å². The molecular weight excluding hydrogens is 388 g/mol. The second-order valence-electron chi connectivity index (χ2n) is 8.94. The number of carbonyl (C=O) groups excluding carboxylic acids is 1. The van der Waals surface area contributed by atoms with Crippen LogP contribution in [-0.4, -0.2) is 64.0 Å². The van der Waals surface area contributed by atoms with Crippen LogP contribution in [-0.2, 0) is 5.41 Å². The first-order chi connectivity index (χ1) is 14.9. The minimum Gasteiger partial charge on any atom is -0.508 e. The summed E-state index contributed by atoms with van der Waals surface area (Å²) in [7, 11) is 1.78. The van der Waals surface area contributed by atoms with Crippen LogP contribution in [0.3, 0.4) is 0 Å². The number of piperidine rings is 1. The molecule has 1 fully saturated rings. The lowest BCUT2D eigenvalue weighted by Crippen LogP contribution is -2.45. The molecule has 1 aliphatic rings. The molecule has 1 amide bonds. The van der Waals surface area contributed by atoms with Gasteiger partial charge in [-0.25, -0.2) is 9.97 Å². The Labute approximate surface area is 186 Å². The first kappa shape index (κ1) is 23.2. The molecule has 6 nitrogen and oxygen atoms in total. The summed E-state index contributed by atoms with van der Waals surface area (Å²) < 4.78 is 0. The maximum absolute atomic E-state index is 12.5. The monoisotopic (exact) mass is 424 g/mol. The molecule has 2 aromatic rings. The number of hydrogen-bond acceptors (Lipinski definition) is 5. The molecule has 0 aliphatic carbocycles. The van der Waals surface area contributed by atoms with Gasteiger partial charge in [-0.15, -0.1) is 0 Å². The molecule has 168 valence electrons. The lowest BCUT2D eigenvalue weighted by Gasteiger charge is -2.42. The van der Waals surface area contributed by atoms with Gasteiger partial charge in [-0.1, -0.05) is 32.4 Å². The number of rotatable bonds is 8. The molecule has 0 bridgehead atoms. The molecule has 1 aliphatic heterocycles. The van der Waals surface area contributed by atoms with Crippen LogP contribution in [0.15, 0.2) is 36.7 Å². The molecular formula is C25H36N4O2. The summed E-state index contributed by atoms with van der Waals surface area (Å²) in [5.74, 6) is 1.61. The number of aromatic hydroxyl groups is 1. The van der Waals surface area contributed by atoms with Crippen molar-refractivity contribution >= 4 is 5.91 Å². The molecule has 1 saturated heterocycles. The number of carbonyl (C=O) groups is 1. The van der Waals surface area contributed by atoms with Crippen molar-refractivity contribution < 1.29 is 9.90 Å². The van der Waals surface area contributed by atoms with Crippen LogP contribution in [0.4, 0.5) is 0 Å². The zero-order chi connectivity index (χ0) is 22.4. The highest BCUT2D eigenvalue weighted by Gasteiger charge is 2.40. The van der Waals surface area contributed by atoms with Gasteiger partial charge >= 0.3 is 0 Å². The van der Waals surface area contributed by atoms with Gasteiger partial charge in [0, 0.05) is 32.5 Å². The molecule has 1 N–H and O–H groups in total. The molecule has 0 saturated carbocycles. The molecule has 1 unspecified atom stereocenters. The zero-order valence-corrected chi connectivity index (χ0v) is 19.3. The van der Waals surface area contributed by atoms with Crippen molar-refractivity contribution in [2.75, 3.05) is 33.2 Å². The van der Waals surface area contributed by atoms with E-state index in [4.69, 9.17) is 0 Å². The highest BCUT2D eigenvalue weighted by molar-refractivity contribution is 5.93. The van der Waals surface area contributed by atoms with Gasteiger partial charge in [-0.3, -0.25) is 4.79 Å². The maximum Gasteiger partial charge on any atom is 0.256 e. The van der Waals surface area contributed by atoms with E-state index in [1.54, 1.807) is 30.4 Å². The van der Waals surface area contributed by atoms with E-state index in [1.807, 2.05) is 19.1 Å². The van der Waals surface area contributed by atoms with Gasteiger partial charge in [0.2, 0.25) is 0 Å². The van der Waals surface area contributed by atoms with Gasteiger partial charge in [0.05, 0.1) is 11.0 Å². The predicted octanol–water partition coefficient (Wildman–Crippen LogP) is 4.09. The maximum atomic E-state index is 12.5. The number of likely N-dealkylation sites (tertiary alicyclic amines) is 1. The van der Waals surface area contributed by atoms with E-state index in [1.165, 1.54) is 12.8 Å². The number of phenols is 1. The SMILES string of the molecule is CCCC(C)CN1CCC(c2cccc(O)c2)(c2ncc(C(=O)N(C)CC)cn2)CC1. The fraction of sp³-hybridized carbons (Fsp3) is 0.560. The van der Waals surface area contributed by atoms with Crippen LogP contribution < -0.4 is 0 Å². The molecule has 1 atom stereocenters. The van der Waals surface area contributed by atoms with Crippen molar-refractivity contribution in [3.8, 4) is 5.75 Å². The van der Waals surface area contributed by atoms with E-state index in [-0.39, 0.29) is 17.1 Å². The fourth-order valence-corrected chi connectivity index (χ4v) is 4.64. The molecule has 6 heteroatoms. The Morgan fingerprint density at radius 1 is 1.23 bits per heavy atom. The number of hydrogen-bond donors (Lipinski definition) is 1. The molecule has 31 heavy (non-hydrogen) atoms. The smallest absolute Gasteiger partial charge is 0.256 e. The van der Waals surface area contributed by atoms with Gasteiger partial charge in [-0.2, -0.15) is 0 Å². The Bertz CT molecular complexity index is 860. The predicted molar refractivity (Wildman–Crippen MR) is 123 cm³/mol. The summed E-state index contributed by atoms with van der Waals surface area (Å²) in [5, 5.41) is 10.1. The number of aromatic nitrogens is 2. The van der Waals surface area contributed by atoms with Crippen molar-refractivity contribution in [2.24, 2.45) is 5.92 Å². The topological polar surface area (TPSA) is 69.6 Å². The first-order valence-electron chi connectivity index (χ1n) is 11.5. The van der Waals surface area contributed by atoms with Gasteiger partial charge in [0.1, 0.15) is 11.6 Å². The van der Waals surface area contributed by atoms with Crippen molar-refractivity contribution in [3.05, 3.63) is 53.6 Å². The molecule has 3 rings (SSSR count). The number of phenolic OH excluding ortho intramolecular Hbond substituents is 1. The van der Waals surface area contributed by atoms with Crippen molar-refractivity contribution in [3.63, 3.8) is 0 Å². The van der Waals surface area contributed by atoms with Crippen LogP contribution in [0.5, 0.6) is 5.75 Å². The summed E-state index contributed by atoms with van der Waals surface area (Å²) in [6.07, 6.45) is 7.54. The Hall–Kier alpha value is -2.47. The van der Waals surface area contributed by atoms with E-state index in [9.17, 15) is 9.90 Å². The summed E-state index contributed by atoms with van der Waals surface area (Å²) >= 11 is 0. The van der Waals surface area contributed by atoms with E-state index in [2.05, 4.69) is 34.8 Å². The number of benzene rings is 1. The Morgan fingerprint density at radius 2 is 1.90 bits per heavy atom. The van der Waals surface area contributed by atoms with E-state index in [0.29, 0.717) is 18.0 Å². The summed E-state index contributed by atoms with van der Waals surface area (Å²) in [6.45, 7) is 10.2. The summed E-state index contributed by atoms with van der Waals surface area (Å²) in [5.41, 5.74) is 1.19. The lowest BCUT2D eigenvalue weighted by molar-refractivity contribution is 0.0801. The van der Waals surface area contributed by atoms with Crippen LogP contribution in [0.1, 0.15) is 68.2 Å². The van der Waals surface area contributed by atoms with Crippen molar-refractivity contribution in [2.45, 2.75) is 51.9 Å². The first-order valence-corrected chi connectivity index (χ1v) is 11.5. The number of nitrogens with zero attached hydrogens (tertiary/aromatic N) is 4. The van der Waals surface area contributed by atoms with E-state index in [0.717, 1.165) is 43.9 Å². The zero-order valence-electron chi connectivity index (χ0n) is 19.3. The second-order valence-corrected chi connectivity index (χ2v) is 8.94. The summed E-state index contributed by atoms with van der Waals surface area (Å²) in [6, 6.07) is 7.48. The second kappa shape index (κ2) is 10.2. The Morgan fingerprint density at radius 3 is 2.48 bits per heavy atom. The van der Waals surface area contributed by atoms with Crippen LogP contribution in [0, 0.1) is 5.92 Å². The quantitative estimate of drug-likeness (QED) is 0.691.